The van der Waals surface area contributed by atoms with Gasteiger partial charge in [0.15, 0.2) is 0 Å². The minimum Gasteiger partial charge on any atom is -0.378 e. The third-order valence-electron chi connectivity index (χ3n) is 3.17. The summed E-state index contributed by atoms with van der Waals surface area (Å²) in [6.07, 6.45) is 6.15. The van der Waals surface area contributed by atoms with E-state index in [-0.39, 0.29) is 0 Å². The number of hydrogen-bond donors (Lipinski definition) is 0. The van der Waals surface area contributed by atoms with Gasteiger partial charge in [0, 0.05) is 19.8 Å². The highest BCUT2D eigenvalue weighted by Crippen LogP contribution is 2.23. The number of allylic oxidation sites excluding steroid dienone is 4. The molecule has 0 N–H and O–H groups in total. The third kappa shape index (κ3) is 3.02. The van der Waals surface area contributed by atoms with Gasteiger partial charge in [0.1, 0.15) is 0 Å². The molecule has 1 aliphatic carbocycles. The normalized spacial score (nSPS) is 16.7. The van der Waals surface area contributed by atoms with Crippen molar-refractivity contribution >= 4 is 11.4 Å². The molecule has 0 unspecified atom stereocenters. The van der Waals surface area contributed by atoms with E-state index in [0.717, 1.165) is 22.7 Å². The van der Waals surface area contributed by atoms with Crippen molar-refractivity contribution in [2.75, 3.05) is 14.1 Å². The Morgan fingerprint density at radius 1 is 1.11 bits per heavy atom. The Balaban J connectivity index is 2.32. The molecule has 0 amide bonds. The van der Waals surface area contributed by atoms with Crippen LogP contribution in [0.5, 0.6) is 0 Å². The Kier molecular flexibility index (Phi) is 3.70. The molecule has 0 spiro atoms. The fourth-order valence-electron chi connectivity index (χ4n) is 2.02. The molecule has 0 aromatic heterocycles. The predicted molar refractivity (Wildman–Crippen MR) is 83.1 cm³/mol. The van der Waals surface area contributed by atoms with Crippen LogP contribution in [0.4, 0.5) is 5.69 Å². The molecule has 0 fully saturated rings. The fourth-order valence-corrected chi connectivity index (χ4v) is 2.02. The van der Waals surface area contributed by atoms with Crippen molar-refractivity contribution in [3.05, 3.63) is 65.4 Å². The van der Waals surface area contributed by atoms with Crippen LogP contribution in [0.1, 0.15) is 11.1 Å². The van der Waals surface area contributed by atoms with Gasteiger partial charge in [-0.3, -0.25) is 0 Å². The lowest BCUT2D eigenvalue weighted by molar-refractivity contribution is 0.529. The minimum absolute atomic E-state index is 0.928. The van der Waals surface area contributed by atoms with Crippen molar-refractivity contribution in [2.24, 2.45) is 4.99 Å². The Bertz CT molecular complexity index is 602. The summed E-state index contributed by atoms with van der Waals surface area (Å²) in [6, 6.07) is 6.29. The molecule has 98 valence electrons. The van der Waals surface area contributed by atoms with Gasteiger partial charge in [-0.15, -0.1) is 0 Å². The van der Waals surface area contributed by atoms with Crippen LogP contribution in [-0.4, -0.2) is 24.7 Å². The van der Waals surface area contributed by atoms with Crippen molar-refractivity contribution in [2.45, 2.75) is 13.8 Å². The average molecular weight is 252 g/mol. The van der Waals surface area contributed by atoms with Gasteiger partial charge >= 0.3 is 0 Å². The Hall–Kier alpha value is -2.09. The zero-order valence-corrected chi connectivity index (χ0v) is 12.1. The highest BCUT2D eigenvalue weighted by atomic mass is 15.1. The van der Waals surface area contributed by atoms with Crippen LogP contribution in [0.3, 0.4) is 0 Å². The summed E-state index contributed by atoms with van der Waals surface area (Å²) >= 11 is 0. The molecule has 0 atom stereocenters. The molecular weight excluding hydrogens is 232 g/mol. The molecule has 0 saturated carbocycles. The molecule has 2 heteroatoms. The molecule has 0 aliphatic heterocycles. The maximum absolute atomic E-state index is 4.70. The first-order valence-corrected chi connectivity index (χ1v) is 6.39. The lowest BCUT2D eigenvalue weighted by atomic mass is 10.0. The molecular formula is C17H20N2. The van der Waals surface area contributed by atoms with Crippen LogP contribution >= 0.6 is 0 Å². The summed E-state index contributed by atoms with van der Waals surface area (Å²) in [5.74, 6) is 0. The molecule has 1 aliphatic rings. The summed E-state index contributed by atoms with van der Waals surface area (Å²) < 4.78 is 0. The molecule has 1 aromatic rings. The Labute approximate surface area is 115 Å². The van der Waals surface area contributed by atoms with E-state index >= 15 is 0 Å². The van der Waals surface area contributed by atoms with E-state index in [9.17, 15) is 0 Å². The number of nitrogens with zero attached hydrogens (tertiary/aromatic N) is 2. The van der Waals surface area contributed by atoms with Crippen LogP contribution in [0.25, 0.3) is 0 Å². The van der Waals surface area contributed by atoms with Gasteiger partial charge < -0.3 is 4.90 Å². The largest absolute Gasteiger partial charge is 0.378 e. The van der Waals surface area contributed by atoms with Gasteiger partial charge in [-0.25, -0.2) is 4.99 Å². The zero-order valence-electron chi connectivity index (χ0n) is 12.1. The summed E-state index contributed by atoms with van der Waals surface area (Å²) in [7, 11) is 4.05. The average Bonchev–Trinajstić information content (AvgIpc) is 2.34. The lowest BCUT2D eigenvalue weighted by Gasteiger charge is -2.18. The number of hydrogen-bond acceptors (Lipinski definition) is 2. The highest BCUT2D eigenvalue weighted by Gasteiger charge is 2.08. The second-order valence-electron chi connectivity index (χ2n) is 5.11. The van der Waals surface area contributed by atoms with Crippen molar-refractivity contribution < 1.29 is 0 Å². The van der Waals surface area contributed by atoms with Crippen molar-refractivity contribution in [1.82, 2.24) is 4.90 Å². The quantitative estimate of drug-likeness (QED) is 0.778. The highest BCUT2D eigenvalue weighted by molar-refractivity contribution is 6.12. The second-order valence-corrected chi connectivity index (χ2v) is 5.11. The molecule has 2 rings (SSSR count). The van der Waals surface area contributed by atoms with E-state index in [0.29, 0.717) is 0 Å². The molecule has 0 heterocycles. The van der Waals surface area contributed by atoms with Crippen molar-refractivity contribution in [3.63, 3.8) is 0 Å². The second kappa shape index (κ2) is 5.27. The van der Waals surface area contributed by atoms with Gasteiger partial charge in [0.05, 0.1) is 11.4 Å². The summed E-state index contributed by atoms with van der Waals surface area (Å²) in [4.78, 5) is 6.77. The smallest absolute Gasteiger partial charge is 0.0704 e. The number of benzene rings is 1. The standard InChI is InChI=1S/C17H20N2/c1-12-6-8-16(13(2)10-12)18-17-9-7-15(19(4)5)11-14(17)3/h6-11H,3H2,1-2,4-5H3. The van der Waals surface area contributed by atoms with E-state index in [1.807, 2.05) is 20.2 Å². The molecule has 19 heavy (non-hydrogen) atoms. The summed E-state index contributed by atoms with van der Waals surface area (Å²) in [6.45, 7) is 8.27. The van der Waals surface area contributed by atoms with Crippen LogP contribution in [0.2, 0.25) is 0 Å². The van der Waals surface area contributed by atoms with Crippen LogP contribution in [-0.2, 0) is 0 Å². The summed E-state index contributed by atoms with van der Waals surface area (Å²) in [5, 5.41) is 0. The fraction of sp³-hybridized carbons (Fsp3) is 0.235. The maximum atomic E-state index is 4.70. The Morgan fingerprint density at radius 3 is 2.42 bits per heavy atom. The van der Waals surface area contributed by atoms with E-state index < -0.39 is 0 Å². The van der Waals surface area contributed by atoms with E-state index in [2.05, 4.69) is 55.7 Å². The lowest BCUT2D eigenvalue weighted by Crippen LogP contribution is -2.13. The molecule has 2 nitrogen and oxygen atoms in total. The number of likely N-dealkylation sites (N-methyl/N-ethyl adjacent to an activating group) is 1. The predicted octanol–water partition coefficient (Wildman–Crippen LogP) is 3.95. The maximum Gasteiger partial charge on any atom is 0.0704 e. The van der Waals surface area contributed by atoms with Gasteiger partial charge in [0.25, 0.3) is 0 Å². The number of rotatable bonds is 2. The molecule has 0 bridgehead atoms. The van der Waals surface area contributed by atoms with Crippen LogP contribution < -0.4 is 0 Å². The van der Waals surface area contributed by atoms with Gasteiger partial charge in [-0.2, -0.15) is 0 Å². The molecule has 0 radical (unpaired) electrons. The number of aryl methyl sites for hydroxylation is 2. The molecule has 0 saturated heterocycles. The summed E-state index contributed by atoms with van der Waals surface area (Å²) in [5.41, 5.74) is 6.48. The SMILES string of the molecule is C=C1C=C(N(C)C)C=CC1=Nc1ccc(C)cc1C. The zero-order chi connectivity index (χ0) is 14.0. The van der Waals surface area contributed by atoms with Crippen LogP contribution in [0, 0.1) is 13.8 Å². The van der Waals surface area contributed by atoms with Crippen molar-refractivity contribution in [3.8, 4) is 0 Å². The molecule has 1 aromatic carbocycles. The van der Waals surface area contributed by atoms with Crippen LogP contribution in [0.15, 0.2) is 59.3 Å². The monoisotopic (exact) mass is 252 g/mol. The van der Waals surface area contributed by atoms with Gasteiger partial charge in [-0.1, -0.05) is 24.3 Å². The first kappa shape index (κ1) is 13.3. The van der Waals surface area contributed by atoms with E-state index in [4.69, 9.17) is 4.99 Å². The topological polar surface area (TPSA) is 15.6 Å². The first-order valence-electron chi connectivity index (χ1n) is 6.39. The van der Waals surface area contributed by atoms with E-state index in [1.54, 1.807) is 0 Å². The van der Waals surface area contributed by atoms with Gasteiger partial charge in [0.2, 0.25) is 0 Å². The van der Waals surface area contributed by atoms with Gasteiger partial charge in [-0.05, 0) is 49.3 Å². The number of aliphatic imine (C=N–C) groups is 1. The van der Waals surface area contributed by atoms with Crippen molar-refractivity contribution in [1.29, 1.82) is 0 Å². The Morgan fingerprint density at radius 2 is 1.84 bits per heavy atom. The minimum atomic E-state index is 0.928. The van der Waals surface area contributed by atoms with E-state index in [1.165, 1.54) is 11.1 Å². The third-order valence-corrected chi connectivity index (χ3v) is 3.17. The first-order chi connectivity index (χ1) is 8.97.